The van der Waals surface area contributed by atoms with Crippen molar-refractivity contribution in [3.63, 3.8) is 0 Å². The van der Waals surface area contributed by atoms with Crippen molar-refractivity contribution in [2.75, 3.05) is 5.32 Å². The molecule has 1 aromatic heterocycles. The number of nitrogens with zero attached hydrogens (tertiary/aromatic N) is 1. The third kappa shape index (κ3) is 4.04. The van der Waals surface area contributed by atoms with E-state index in [1.165, 1.54) is 12.3 Å². The Labute approximate surface area is 139 Å². The fraction of sp³-hybridized carbons (Fsp3) is 0.235. The van der Waals surface area contributed by atoms with Gasteiger partial charge in [0.25, 0.3) is 5.91 Å². The van der Waals surface area contributed by atoms with Crippen LogP contribution in [-0.4, -0.2) is 24.5 Å². The van der Waals surface area contributed by atoms with Crippen LogP contribution >= 0.6 is 0 Å². The SMILES string of the molecule is BC(C(=O)c1ccc(NC(=O)c2ccc(F)cc2F)nc1)C(C)C. The first-order chi connectivity index (χ1) is 11.3. The van der Waals surface area contributed by atoms with Gasteiger partial charge in [0.2, 0.25) is 0 Å². The van der Waals surface area contributed by atoms with Gasteiger partial charge in [0.1, 0.15) is 25.3 Å². The molecule has 0 radical (unpaired) electrons. The van der Waals surface area contributed by atoms with E-state index < -0.39 is 17.5 Å². The summed E-state index contributed by atoms with van der Waals surface area (Å²) >= 11 is 0. The van der Waals surface area contributed by atoms with Gasteiger partial charge in [-0.25, -0.2) is 13.8 Å². The molecule has 0 aliphatic carbocycles. The number of aromatic nitrogens is 1. The molecule has 0 saturated carbocycles. The zero-order valence-electron chi connectivity index (χ0n) is 13.6. The van der Waals surface area contributed by atoms with Gasteiger partial charge in [-0.2, -0.15) is 0 Å². The first-order valence-electron chi connectivity index (χ1n) is 7.56. The molecule has 0 saturated heterocycles. The van der Waals surface area contributed by atoms with E-state index in [9.17, 15) is 18.4 Å². The number of carbonyl (C=O) groups is 2. The Morgan fingerprint density at radius 2 is 1.88 bits per heavy atom. The van der Waals surface area contributed by atoms with Crippen molar-refractivity contribution in [2.24, 2.45) is 5.92 Å². The van der Waals surface area contributed by atoms with Gasteiger partial charge in [0.05, 0.1) is 5.56 Å². The van der Waals surface area contributed by atoms with E-state index in [-0.39, 0.29) is 28.9 Å². The van der Waals surface area contributed by atoms with E-state index in [0.717, 1.165) is 12.1 Å². The molecule has 0 aliphatic rings. The van der Waals surface area contributed by atoms with Crippen molar-refractivity contribution in [3.8, 4) is 0 Å². The molecule has 124 valence electrons. The number of benzene rings is 1. The second kappa shape index (κ2) is 7.34. The standard InChI is InChI=1S/C17H17BF2N2O2/c1-9(2)15(18)16(23)10-3-6-14(21-8-10)22-17(24)12-5-4-11(19)7-13(12)20/h3-9,15H,18H2,1-2H3,(H,21,22,24). The lowest BCUT2D eigenvalue weighted by molar-refractivity contribution is 0.0967. The second-order valence-corrected chi connectivity index (χ2v) is 5.91. The van der Waals surface area contributed by atoms with Crippen molar-refractivity contribution in [1.29, 1.82) is 0 Å². The van der Waals surface area contributed by atoms with E-state index in [0.29, 0.717) is 11.6 Å². The number of amides is 1. The number of nitrogens with one attached hydrogen (secondary N) is 1. The number of Topliss-reactive ketones (excluding diaryl/α,β-unsaturated/α-hetero) is 1. The minimum atomic E-state index is -0.954. The van der Waals surface area contributed by atoms with E-state index in [1.807, 2.05) is 21.7 Å². The van der Waals surface area contributed by atoms with Crippen LogP contribution in [0.25, 0.3) is 0 Å². The quantitative estimate of drug-likeness (QED) is 0.677. The Balaban J connectivity index is 2.11. The number of hydrogen-bond acceptors (Lipinski definition) is 3. The van der Waals surface area contributed by atoms with Crippen LogP contribution in [0.3, 0.4) is 0 Å². The molecule has 1 amide bonds. The van der Waals surface area contributed by atoms with Crippen molar-refractivity contribution in [2.45, 2.75) is 19.7 Å². The van der Waals surface area contributed by atoms with Crippen LogP contribution in [0, 0.1) is 17.6 Å². The topological polar surface area (TPSA) is 59.1 Å². The summed E-state index contributed by atoms with van der Waals surface area (Å²) in [7, 11) is 1.85. The summed E-state index contributed by atoms with van der Waals surface area (Å²) in [5.41, 5.74) is 0.161. The smallest absolute Gasteiger partial charge is 0.259 e. The summed E-state index contributed by atoms with van der Waals surface area (Å²) in [6.07, 6.45) is 1.37. The molecule has 0 spiro atoms. The van der Waals surface area contributed by atoms with Crippen LogP contribution in [0.5, 0.6) is 0 Å². The molecule has 1 heterocycles. The highest BCUT2D eigenvalue weighted by Crippen LogP contribution is 2.20. The monoisotopic (exact) mass is 330 g/mol. The number of rotatable bonds is 5. The van der Waals surface area contributed by atoms with Crippen LogP contribution in [0.1, 0.15) is 34.6 Å². The molecule has 4 nitrogen and oxygen atoms in total. The molecule has 2 aromatic rings. The molecule has 0 aliphatic heterocycles. The van der Waals surface area contributed by atoms with Crippen LogP contribution in [-0.2, 0) is 0 Å². The van der Waals surface area contributed by atoms with Crippen molar-refractivity contribution < 1.29 is 18.4 Å². The lowest BCUT2D eigenvalue weighted by Gasteiger charge is -2.14. The predicted octanol–water partition coefficient (Wildman–Crippen LogP) is 2.87. The maximum Gasteiger partial charge on any atom is 0.259 e. The third-order valence-electron chi connectivity index (χ3n) is 3.88. The molecule has 1 unspecified atom stereocenters. The van der Waals surface area contributed by atoms with Gasteiger partial charge in [-0.05, 0) is 36.0 Å². The molecule has 2 rings (SSSR count). The summed E-state index contributed by atoms with van der Waals surface area (Å²) in [5, 5.41) is 2.41. The van der Waals surface area contributed by atoms with E-state index in [4.69, 9.17) is 0 Å². The van der Waals surface area contributed by atoms with Gasteiger partial charge < -0.3 is 5.32 Å². The summed E-state index contributed by atoms with van der Waals surface area (Å²) in [6.45, 7) is 3.92. The summed E-state index contributed by atoms with van der Waals surface area (Å²) in [4.78, 5) is 28.2. The average molecular weight is 330 g/mol. The maximum atomic E-state index is 13.6. The number of pyridine rings is 1. The van der Waals surface area contributed by atoms with E-state index >= 15 is 0 Å². The first-order valence-corrected chi connectivity index (χ1v) is 7.56. The summed E-state index contributed by atoms with van der Waals surface area (Å²) < 4.78 is 26.4. The molecule has 24 heavy (non-hydrogen) atoms. The Kier molecular flexibility index (Phi) is 5.44. The van der Waals surface area contributed by atoms with E-state index in [2.05, 4.69) is 10.3 Å². The average Bonchev–Trinajstić information content (AvgIpc) is 2.53. The van der Waals surface area contributed by atoms with Crippen LogP contribution in [0.15, 0.2) is 36.5 Å². The van der Waals surface area contributed by atoms with Gasteiger partial charge >= 0.3 is 0 Å². The zero-order chi connectivity index (χ0) is 17.9. The minimum Gasteiger partial charge on any atom is -0.306 e. The molecule has 1 atom stereocenters. The summed E-state index contributed by atoms with van der Waals surface area (Å²) in [6, 6.07) is 5.73. The van der Waals surface area contributed by atoms with Crippen molar-refractivity contribution in [3.05, 3.63) is 59.3 Å². The highest BCUT2D eigenvalue weighted by Gasteiger charge is 2.19. The molecule has 0 fully saturated rings. The Morgan fingerprint density at radius 1 is 1.17 bits per heavy atom. The van der Waals surface area contributed by atoms with E-state index in [1.54, 1.807) is 6.07 Å². The normalized spacial score (nSPS) is 12.0. The number of halogens is 2. The maximum absolute atomic E-state index is 13.6. The van der Waals surface area contributed by atoms with Gasteiger partial charge in [-0.1, -0.05) is 13.8 Å². The molecule has 7 heteroatoms. The Morgan fingerprint density at radius 3 is 2.42 bits per heavy atom. The van der Waals surface area contributed by atoms with Gasteiger partial charge in [-0.15, -0.1) is 0 Å². The van der Waals surface area contributed by atoms with Gasteiger partial charge in [0.15, 0.2) is 5.78 Å². The van der Waals surface area contributed by atoms with Crippen LogP contribution < -0.4 is 5.32 Å². The van der Waals surface area contributed by atoms with Crippen LogP contribution in [0.4, 0.5) is 14.6 Å². The lowest BCUT2D eigenvalue weighted by Crippen LogP contribution is -2.17. The Bertz CT molecular complexity index is 764. The fourth-order valence-electron chi connectivity index (χ4n) is 2.04. The third-order valence-corrected chi connectivity index (χ3v) is 3.88. The number of ketones is 1. The summed E-state index contributed by atoms with van der Waals surface area (Å²) in [5.74, 6) is -2.24. The van der Waals surface area contributed by atoms with Gasteiger partial charge in [0, 0.05) is 17.8 Å². The zero-order valence-corrected chi connectivity index (χ0v) is 13.6. The minimum absolute atomic E-state index is 0.0278. The van der Waals surface area contributed by atoms with Crippen molar-refractivity contribution in [1.82, 2.24) is 4.98 Å². The number of anilines is 1. The largest absolute Gasteiger partial charge is 0.306 e. The first kappa shape index (κ1) is 17.8. The second-order valence-electron chi connectivity index (χ2n) is 5.91. The lowest BCUT2D eigenvalue weighted by atomic mass is 9.73. The molecule has 0 bridgehead atoms. The number of carbonyl (C=O) groups excluding carboxylic acids is 2. The Hall–Kier alpha value is -2.57. The molecular weight excluding hydrogens is 313 g/mol. The molecule has 1 aromatic carbocycles. The van der Waals surface area contributed by atoms with Crippen LogP contribution in [0.2, 0.25) is 5.82 Å². The highest BCUT2D eigenvalue weighted by molar-refractivity contribution is 6.28. The fourth-order valence-corrected chi connectivity index (χ4v) is 2.04. The highest BCUT2D eigenvalue weighted by atomic mass is 19.1. The predicted molar refractivity (Wildman–Crippen MR) is 90.0 cm³/mol. The molecular formula is C17H17BF2N2O2. The van der Waals surface area contributed by atoms with Gasteiger partial charge in [-0.3, -0.25) is 9.59 Å². The number of hydrogen-bond donors (Lipinski definition) is 1. The van der Waals surface area contributed by atoms with Crippen molar-refractivity contribution >= 4 is 25.4 Å². The molecule has 1 N–H and O–H groups in total.